The first kappa shape index (κ1) is 22.8. The molecule has 146 valence electrons. The van der Waals surface area contributed by atoms with Gasteiger partial charge in [-0.2, -0.15) is 0 Å². The van der Waals surface area contributed by atoms with Crippen molar-refractivity contribution in [1.82, 2.24) is 0 Å². The van der Waals surface area contributed by atoms with Gasteiger partial charge >= 0.3 is 11.9 Å². The van der Waals surface area contributed by atoms with Gasteiger partial charge in [0, 0.05) is 5.41 Å². The topological polar surface area (TPSA) is 43.4 Å². The van der Waals surface area contributed by atoms with Crippen LogP contribution in [0.1, 0.15) is 75.7 Å². The summed E-state index contributed by atoms with van der Waals surface area (Å²) in [6, 6.07) is 0. The lowest BCUT2D eigenvalue weighted by atomic mass is 9.53. The van der Waals surface area contributed by atoms with E-state index in [1.807, 2.05) is 48.5 Å². The minimum Gasteiger partial charge on any atom is -0.393 e. The Morgan fingerprint density at radius 2 is 1.20 bits per heavy atom. The fourth-order valence-corrected chi connectivity index (χ4v) is 5.10. The molecule has 25 heavy (non-hydrogen) atoms. The van der Waals surface area contributed by atoms with Crippen molar-refractivity contribution in [3.05, 3.63) is 0 Å². The molecular formula is C20H34Cl2O3. The van der Waals surface area contributed by atoms with Crippen molar-refractivity contribution >= 4 is 35.1 Å². The molecule has 1 aliphatic heterocycles. The highest BCUT2D eigenvalue weighted by Crippen LogP contribution is 2.62. The smallest absolute Gasteiger partial charge is 0.318 e. The second-order valence-electron chi connectivity index (χ2n) is 10.9. The summed E-state index contributed by atoms with van der Waals surface area (Å²) in [4.78, 5) is 25.0. The summed E-state index contributed by atoms with van der Waals surface area (Å²) in [6.07, 6.45) is 0.565. The van der Waals surface area contributed by atoms with E-state index in [0.717, 1.165) is 0 Å². The SMILES string of the molecule is CC(C)(C)CC(Cl)(Cl)C(C)(C)C(C)(C)C1C(=O)OC(=O)C1C(C)(C)C. The molecule has 5 heteroatoms. The third-order valence-electron chi connectivity index (χ3n) is 6.03. The molecule has 0 bridgehead atoms. The Kier molecular flexibility index (Phi) is 5.83. The molecule has 0 amide bonds. The van der Waals surface area contributed by atoms with Gasteiger partial charge in [0.15, 0.2) is 0 Å². The summed E-state index contributed by atoms with van der Waals surface area (Å²) >= 11 is 13.7. The van der Waals surface area contributed by atoms with Crippen LogP contribution in [0.4, 0.5) is 0 Å². The number of carbonyl (C=O) groups is 2. The summed E-state index contributed by atoms with van der Waals surface area (Å²) in [5.41, 5.74) is -1.77. The average Bonchev–Trinajstić information content (AvgIpc) is 2.60. The van der Waals surface area contributed by atoms with E-state index in [-0.39, 0.29) is 5.41 Å². The van der Waals surface area contributed by atoms with Crippen LogP contribution in [0.2, 0.25) is 0 Å². The van der Waals surface area contributed by atoms with Crippen LogP contribution in [0, 0.1) is 33.5 Å². The van der Waals surface area contributed by atoms with Crippen molar-refractivity contribution in [3.8, 4) is 0 Å². The van der Waals surface area contributed by atoms with E-state index in [1.54, 1.807) is 0 Å². The predicted molar refractivity (Wildman–Crippen MR) is 104 cm³/mol. The second kappa shape index (κ2) is 6.41. The van der Waals surface area contributed by atoms with Gasteiger partial charge in [0.1, 0.15) is 4.33 Å². The molecule has 0 aromatic rings. The summed E-state index contributed by atoms with van der Waals surface area (Å²) < 4.78 is 3.98. The lowest BCUT2D eigenvalue weighted by Crippen LogP contribution is -2.54. The molecule has 0 aromatic heterocycles. The fourth-order valence-electron chi connectivity index (χ4n) is 3.81. The van der Waals surface area contributed by atoms with Crippen molar-refractivity contribution in [2.45, 2.75) is 80.0 Å². The summed E-state index contributed by atoms with van der Waals surface area (Å²) in [7, 11) is 0. The highest BCUT2D eigenvalue weighted by molar-refractivity contribution is 6.49. The van der Waals surface area contributed by atoms with E-state index in [1.165, 1.54) is 0 Å². The van der Waals surface area contributed by atoms with Crippen molar-refractivity contribution < 1.29 is 14.3 Å². The zero-order valence-corrected chi connectivity index (χ0v) is 18.9. The zero-order valence-electron chi connectivity index (χ0n) is 17.3. The van der Waals surface area contributed by atoms with Gasteiger partial charge in [0.2, 0.25) is 0 Å². The number of rotatable bonds is 4. The molecule has 2 unspecified atom stereocenters. The Morgan fingerprint density at radius 3 is 1.56 bits per heavy atom. The fraction of sp³-hybridized carbons (Fsp3) is 0.900. The Labute approximate surface area is 163 Å². The molecule has 3 nitrogen and oxygen atoms in total. The molecule has 2 atom stereocenters. The van der Waals surface area contributed by atoms with Crippen LogP contribution < -0.4 is 0 Å². The molecule has 1 saturated heterocycles. The lowest BCUT2D eigenvalue weighted by molar-refractivity contribution is -0.155. The van der Waals surface area contributed by atoms with E-state index in [9.17, 15) is 9.59 Å². The van der Waals surface area contributed by atoms with Crippen LogP contribution in [0.3, 0.4) is 0 Å². The molecule has 0 aliphatic carbocycles. The van der Waals surface area contributed by atoms with Crippen molar-refractivity contribution in [2.24, 2.45) is 33.5 Å². The normalized spacial score (nSPS) is 23.8. The van der Waals surface area contributed by atoms with Gasteiger partial charge in [-0.1, -0.05) is 69.2 Å². The number of halogens is 2. The van der Waals surface area contributed by atoms with Crippen LogP contribution in [-0.2, 0) is 14.3 Å². The summed E-state index contributed by atoms with van der Waals surface area (Å²) in [5.74, 6) is -2.03. The van der Waals surface area contributed by atoms with Crippen molar-refractivity contribution in [1.29, 1.82) is 0 Å². The Bertz CT molecular complexity index is 548. The molecule has 0 saturated carbocycles. The lowest BCUT2D eigenvalue weighted by Gasteiger charge is -2.53. The standard InChI is InChI=1S/C20H34Cl2O3/c1-16(2,3)11-20(21,22)19(9,10)18(7,8)13-12(17(4,5)6)14(23)25-15(13)24/h12-13H,11H2,1-10H3. The third-order valence-corrected chi connectivity index (χ3v) is 7.24. The molecule has 1 heterocycles. The summed E-state index contributed by atoms with van der Waals surface area (Å²) in [5, 5.41) is 0. The molecule has 1 aliphatic rings. The number of carbonyl (C=O) groups excluding carboxylic acids is 2. The van der Waals surface area contributed by atoms with Crippen LogP contribution in [-0.4, -0.2) is 16.3 Å². The maximum absolute atomic E-state index is 12.6. The van der Waals surface area contributed by atoms with E-state index in [2.05, 4.69) is 20.8 Å². The molecule has 0 aromatic carbocycles. The van der Waals surface area contributed by atoms with Gasteiger partial charge in [-0.15, -0.1) is 23.2 Å². The predicted octanol–water partition coefficient (Wildman–Crippen LogP) is 6.01. The van der Waals surface area contributed by atoms with Gasteiger partial charge in [-0.05, 0) is 22.7 Å². The first-order chi connectivity index (χ1) is 10.8. The number of cyclic esters (lactones) is 2. The molecule has 1 fully saturated rings. The third kappa shape index (κ3) is 4.18. The highest BCUT2D eigenvalue weighted by atomic mass is 35.5. The quantitative estimate of drug-likeness (QED) is 0.334. The average molecular weight is 393 g/mol. The second-order valence-corrected chi connectivity index (χ2v) is 12.3. The van der Waals surface area contributed by atoms with E-state index in [0.29, 0.717) is 6.42 Å². The molecular weight excluding hydrogens is 359 g/mol. The Hall–Kier alpha value is -0.280. The van der Waals surface area contributed by atoms with Crippen LogP contribution in [0.5, 0.6) is 0 Å². The molecule has 0 spiro atoms. The van der Waals surface area contributed by atoms with Gasteiger partial charge < -0.3 is 4.74 Å². The van der Waals surface area contributed by atoms with Crippen LogP contribution in [0.25, 0.3) is 0 Å². The number of alkyl halides is 2. The zero-order chi connectivity index (χ0) is 20.2. The van der Waals surface area contributed by atoms with Crippen LogP contribution in [0.15, 0.2) is 0 Å². The van der Waals surface area contributed by atoms with Crippen molar-refractivity contribution in [3.63, 3.8) is 0 Å². The van der Waals surface area contributed by atoms with Gasteiger partial charge in [0.05, 0.1) is 11.8 Å². The molecule has 0 radical (unpaired) electrons. The first-order valence-corrected chi connectivity index (χ1v) is 9.65. The summed E-state index contributed by atoms with van der Waals surface area (Å²) in [6.45, 7) is 20.0. The van der Waals surface area contributed by atoms with E-state index >= 15 is 0 Å². The van der Waals surface area contributed by atoms with E-state index < -0.39 is 44.4 Å². The minimum absolute atomic E-state index is 0.0771. The van der Waals surface area contributed by atoms with E-state index in [4.69, 9.17) is 27.9 Å². The number of esters is 2. The number of hydrogen-bond donors (Lipinski definition) is 0. The maximum Gasteiger partial charge on any atom is 0.318 e. The van der Waals surface area contributed by atoms with Gasteiger partial charge in [-0.3, -0.25) is 9.59 Å². The number of ether oxygens (including phenoxy) is 1. The molecule has 0 N–H and O–H groups in total. The van der Waals surface area contributed by atoms with Crippen molar-refractivity contribution in [2.75, 3.05) is 0 Å². The van der Waals surface area contributed by atoms with Gasteiger partial charge in [0.25, 0.3) is 0 Å². The first-order valence-electron chi connectivity index (χ1n) is 8.89. The Morgan fingerprint density at radius 1 is 0.800 bits per heavy atom. The minimum atomic E-state index is -1.07. The monoisotopic (exact) mass is 392 g/mol. The largest absolute Gasteiger partial charge is 0.393 e. The highest BCUT2D eigenvalue weighted by Gasteiger charge is 2.64. The van der Waals surface area contributed by atoms with Crippen LogP contribution >= 0.6 is 23.2 Å². The number of hydrogen-bond acceptors (Lipinski definition) is 3. The maximum atomic E-state index is 12.6. The van der Waals surface area contributed by atoms with Gasteiger partial charge in [-0.25, -0.2) is 0 Å². The Balaban J connectivity index is 3.41. The molecule has 1 rings (SSSR count).